The zero-order chi connectivity index (χ0) is 15.6. The predicted octanol–water partition coefficient (Wildman–Crippen LogP) is -0.0143. The summed E-state index contributed by atoms with van der Waals surface area (Å²) in [4.78, 5) is 15.9. The van der Waals surface area contributed by atoms with Gasteiger partial charge in [-0.25, -0.2) is 18.1 Å². The van der Waals surface area contributed by atoms with Gasteiger partial charge in [0, 0.05) is 18.0 Å². The second kappa shape index (κ2) is 5.88. The molecule has 8 nitrogen and oxygen atoms in total. The van der Waals surface area contributed by atoms with E-state index in [1.165, 1.54) is 0 Å². The van der Waals surface area contributed by atoms with Crippen molar-refractivity contribution in [3.63, 3.8) is 0 Å². The average molecular weight is 303 g/mol. The summed E-state index contributed by atoms with van der Waals surface area (Å²) < 4.78 is 24.8. The lowest BCUT2D eigenvalue weighted by atomic mass is 10.1. The van der Waals surface area contributed by atoms with Gasteiger partial charge in [0.05, 0.1) is 6.26 Å². The maximum atomic E-state index is 11.9. The summed E-state index contributed by atoms with van der Waals surface area (Å²) in [5.41, 5.74) is -0.791. The van der Waals surface area contributed by atoms with E-state index in [1.54, 1.807) is 13.8 Å². The van der Waals surface area contributed by atoms with Crippen LogP contribution in [0.5, 0.6) is 0 Å². The maximum Gasteiger partial charge on any atom is 0.291 e. The second-order valence-corrected chi connectivity index (χ2v) is 7.39. The molecule has 0 spiro atoms. The Hall–Kier alpha value is -1.48. The van der Waals surface area contributed by atoms with Crippen molar-refractivity contribution in [3.8, 4) is 0 Å². The molecule has 20 heavy (non-hydrogen) atoms. The molecule has 1 heterocycles. The Morgan fingerprint density at radius 1 is 1.40 bits per heavy atom. The van der Waals surface area contributed by atoms with Crippen molar-refractivity contribution >= 4 is 15.9 Å². The van der Waals surface area contributed by atoms with Crippen molar-refractivity contribution in [2.75, 3.05) is 12.8 Å². The number of H-pyrrole nitrogens is 1. The van der Waals surface area contributed by atoms with Gasteiger partial charge in [0.1, 0.15) is 5.82 Å². The molecule has 1 aromatic heterocycles. The molecule has 1 rings (SSSR count). The van der Waals surface area contributed by atoms with Gasteiger partial charge in [-0.3, -0.25) is 9.89 Å². The summed E-state index contributed by atoms with van der Waals surface area (Å²) in [6.07, 6.45) is 1.07. The Morgan fingerprint density at radius 2 is 2.00 bits per heavy atom. The summed E-state index contributed by atoms with van der Waals surface area (Å²) in [6, 6.07) is 0. The van der Waals surface area contributed by atoms with Crippen LogP contribution in [0.1, 0.15) is 50.1 Å². The van der Waals surface area contributed by atoms with E-state index in [1.807, 2.05) is 13.8 Å². The molecule has 0 radical (unpaired) electrons. The van der Waals surface area contributed by atoms with Gasteiger partial charge in [-0.2, -0.15) is 0 Å². The largest absolute Gasteiger partial charge is 0.347 e. The Bertz CT molecular complexity index is 577. The number of rotatable bonds is 6. The first-order chi connectivity index (χ1) is 9.00. The van der Waals surface area contributed by atoms with Crippen LogP contribution in [0.3, 0.4) is 0 Å². The van der Waals surface area contributed by atoms with Gasteiger partial charge >= 0.3 is 0 Å². The number of sulfonamides is 1. The maximum absolute atomic E-state index is 11.9. The molecule has 0 saturated heterocycles. The van der Waals surface area contributed by atoms with Gasteiger partial charge in [-0.15, -0.1) is 5.10 Å². The van der Waals surface area contributed by atoms with Gasteiger partial charge in [-0.05, 0) is 13.8 Å². The third kappa shape index (κ3) is 5.25. The van der Waals surface area contributed by atoms with E-state index in [2.05, 4.69) is 25.2 Å². The van der Waals surface area contributed by atoms with E-state index in [-0.39, 0.29) is 18.3 Å². The van der Waals surface area contributed by atoms with E-state index in [0.29, 0.717) is 5.82 Å². The Kier molecular flexibility index (Phi) is 4.87. The fourth-order valence-corrected chi connectivity index (χ4v) is 2.63. The number of hydrogen-bond acceptors (Lipinski definition) is 5. The number of aromatic amines is 1. The number of carbonyl (C=O) groups is 1. The second-order valence-electron chi connectivity index (χ2n) is 5.64. The predicted molar refractivity (Wildman–Crippen MR) is 74.9 cm³/mol. The Morgan fingerprint density at radius 3 is 2.45 bits per heavy atom. The molecule has 114 valence electrons. The zero-order valence-corrected chi connectivity index (χ0v) is 13.1. The third-order valence-electron chi connectivity index (χ3n) is 2.41. The van der Waals surface area contributed by atoms with Crippen LogP contribution in [0.2, 0.25) is 0 Å². The number of hydrogen-bond donors (Lipinski definition) is 3. The third-order valence-corrected chi connectivity index (χ3v) is 3.33. The number of carbonyl (C=O) groups excluding carboxylic acids is 1. The minimum atomic E-state index is -3.34. The topological polar surface area (TPSA) is 117 Å². The van der Waals surface area contributed by atoms with Crippen molar-refractivity contribution in [2.24, 2.45) is 0 Å². The summed E-state index contributed by atoms with van der Waals surface area (Å²) in [5, 5.41) is 9.12. The van der Waals surface area contributed by atoms with Gasteiger partial charge in [0.2, 0.25) is 15.8 Å². The molecule has 0 aliphatic heterocycles. The molecule has 0 atom stereocenters. The van der Waals surface area contributed by atoms with Crippen molar-refractivity contribution in [1.29, 1.82) is 0 Å². The molecular formula is C11H21N5O3S. The number of nitrogens with one attached hydrogen (secondary N) is 3. The average Bonchev–Trinajstić information content (AvgIpc) is 2.71. The van der Waals surface area contributed by atoms with Crippen LogP contribution >= 0.6 is 0 Å². The smallest absolute Gasteiger partial charge is 0.291 e. The van der Waals surface area contributed by atoms with Crippen molar-refractivity contribution < 1.29 is 13.2 Å². The highest BCUT2D eigenvalue weighted by molar-refractivity contribution is 7.88. The molecule has 9 heteroatoms. The van der Waals surface area contributed by atoms with Crippen LogP contribution in [0.4, 0.5) is 0 Å². The molecule has 1 aromatic rings. The van der Waals surface area contributed by atoms with Crippen LogP contribution in [-0.2, 0) is 10.0 Å². The Balaban J connectivity index is 2.62. The molecular weight excluding hydrogens is 282 g/mol. The minimum Gasteiger partial charge on any atom is -0.347 e. The Labute approximate surface area is 118 Å². The minimum absolute atomic E-state index is 0.0452. The fraction of sp³-hybridized carbons (Fsp3) is 0.727. The van der Waals surface area contributed by atoms with E-state index in [0.717, 1.165) is 6.26 Å². The number of aromatic nitrogens is 3. The van der Waals surface area contributed by atoms with E-state index in [9.17, 15) is 13.2 Å². The molecule has 0 aliphatic carbocycles. The molecule has 0 aromatic carbocycles. The first-order valence-electron chi connectivity index (χ1n) is 6.19. The van der Waals surface area contributed by atoms with Gasteiger partial charge < -0.3 is 5.32 Å². The molecule has 0 saturated carbocycles. The zero-order valence-electron chi connectivity index (χ0n) is 12.3. The summed E-state index contributed by atoms with van der Waals surface area (Å²) in [6.45, 7) is 7.34. The van der Waals surface area contributed by atoms with Crippen LogP contribution in [0.15, 0.2) is 0 Å². The lowest BCUT2D eigenvalue weighted by molar-refractivity contribution is 0.0934. The molecule has 0 fully saturated rings. The van der Waals surface area contributed by atoms with Crippen molar-refractivity contribution in [3.05, 3.63) is 11.6 Å². The van der Waals surface area contributed by atoms with Crippen LogP contribution in [-0.4, -0.2) is 47.8 Å². The van der Waals surface area contributed by atoms with E-state index < -0.39 is 21.5 Å². The lowest BCUT2D eigenvalue weighted by Gasteiger charge is -2.24. The van der Waals surface area contributed by atoms with Gasteiger partial charge in [0.25, 0.3) is 5.91 Å². The SMILES string of the molecule is CC(C)c1nc(C(=O)NCC(C)(C)NS(C)(=O)=O)n[nH]1. The summed E-state index contributed by atoms with van der Waals surface area (Å²) in [5.74, 6) is 0.372. The highest BCUT2D eigenvalue weighted by Crippen LogP contribution is 2.08. The fourth-order valence-electron chi connectivity index (χ4n) is 1.55. The molecule has 3 N–H and O–H groups in total. The summed E-state index contributed by atoms with van der Waals surface area (Å²) in [7, 11) is -3.34. The van der Waals surface area contributed by atoms with E-state index in [4.69, 9.17) is 0 Å². The van der Waals surface area contributed by atoms with Crippen molar-refractivity contribution in [2.45, 2.75) is 39.2 Å². The van der Waals surface area contributed by atoms with E-state index >= 15 is 0 Å². The monoisotopic (exact) mass is 303 g/mol. The first kappa shape index (κ1) is 16.6. The molecule has 0 bridgehead atoms. The molecule has 0 unspecified atom stereocenters. The lowest BCUT2D eigenvalue weighted by Crippen LogP contribution is -2.51. The quantitative estimate of drug-likeness (QED) is 0.683. The van der Waals surface area contributed by atoms with Crippen molar-refractivity contribution in [1.82, 2.24) is 25.2 Å². The number of nitrogens with zero attached hydrogens (tertiary/aromatic N) is 2. The normalized spacial score (nSPS) is 12.7. The highest BCUT2D eigenvalue weighted by atomic mass is 32.2. The molecule has 0 aliphatic rings. The summed E-state index contributed by atoms with van der Waals surface area (Å²) >= 11 is 0. The first-order valence-corrected chi connectivity index (χ1v) is 8.09. The van der Waals surface area contributed by atoms with Crippen LogP contribution in [0, 0.1) is 0 Å². The number of amides is 1. The van der Waals surface area contributed by atoms with Crippen LogP contribution < -0.4 is 10.0 Å². The molecule has 1 amide bonds. The van der Waals surface area contributed by atoms with Gasteiger partial charge in [-0.1, -0.05) is 13.8 Å². The van der Waals surface area contributed by atoms with Crippen LogP contribution in [0.25, 0.3) is 0 Å². The standard InChI is InChI=1S/C11H21N5O3S/c1-7(2)8-13-9(15-14-8)10(17)12-6-11(3,4)16-20(5,18)19/h7,16H,6H2,1-5H3,(H,12,17)(H,13,14,15). The highest BCUT2D eigenvalue weighted by Gasteiger charge is 2.24. The van der Waals surface area contributed by atoms with Gasteiger partial charge in [0.15, 0.2) is 0 Å².